The second kappa shape index (κ2) is 6.30. The number of methoxy groups -OCH3 is 1. The molecule has 3 N–H and O–H groups in total. The molecule has 0 atom stereocenters. The van der Waals surface area contributed by atoms with Gasteiger partial charge in [0.2, 0.25) is 0 Å². The van der Waals surface area contributed by atoms with E-state index < -0.39 is 0 Å². The molecular weight excluding hydrogens is 206 g/mol. The van der Waals surface area contributed by atoms with Crippen molar-refractivity contribution in [2.24, 2.45) is 0 Å². The number of rotatable bonds is 6. The predicted octanol–water partition coefficient (Wildman–Crippen LogP) is 0.417. The van der Waals surface area contributed by atoms with Crippen LogP contribution in [0.25, 0.3) is 0 Å². The topological polar surface area (TPSA) is 71.6 Å². The molecule has 1 heterocycles. The van der Waals surface area contributed by atoms with E-state index in [4.69, 9.17) is 15.6 Å². The van der Waals surface area contributed by atoms with Gasteiger partial charge in [-0.25, -0.2) is 4.98 Å². The number of aliphatic hydroxyl groups excluding tert-OH is 1. The molecule has 1 rings (SSSR count). The van der Waals surface area contributed by atoms with Gasteiger partial charge in [-0.05, 0) is 18.6 Å². The van der Waals surface area contributed by atoms with Crippen LogP contribution in [0.15, 0.2) is 12.3 Å². The molecule has 0 amide bonds. The molecule has 16 heavy (non-hydrogen) atoms. The summed E-state index contributed by atoms with van der Waals surface area (Å²) in [7, 11) is 1.65. The minimum Gasteiger partial charge on any atom is -0.397 e. The van der Waals surface area contributed by atoms with Gasteiger partial charge < -0.3 is 20.5 Å². The largest absolute Gasteiger partial charge is 0.397 e. The number of nitrogens with two attached hydrogens (primary N) is 1. The molecule has 0 fully saturated rings. The van der Waals surface area contributed by atoms with Gasteiger partial charge in [0.1, 0.15) is 5.82 Å². The molecular formula is C11H19N3O2. The Balaban J connectivity index is 2.78. The van der Waals surface area contributed by atoms with Crippen LogP contribution in [0.4, 0.5) is 11.5 Å². The molecule has 1 aromatic heterocycles. The maximum atomic E-state index is 8.99. The van der Waals surface area contributed by atoms with Gasteiger partial charge in [0, 0.05) is 20.2 Å². The van der Waals surface area contributed by atoms with Crippen molar-refractivity contribution in [3.8, 4) is 0 Å². The number of hydrogen-bond acceptors (Lipinski definition) is 5. The molecule has 0 saturated heterocycles. The zero-order valence-electron chi connectivity index (χ0n) is 9.81. The fourth-order valence-electron chi connectivity index (χ4n) is 1.39. The lowest BCUT2D eigenvalue weighted by Crippen LogP contribution is -2.31. The first kappa shape index (κ1) is 12.7. The highest BCUT2D eigenvalue weighted by Gasteiger charge is 2.08. The summed E-state index contributed by atoms with van der Waals surface area (Å²) in [6.45, 7) is 3.88. The van der Waals surface area contributed by atoms with Crippen LogP contribution >= 0.6 is 0 Å². The van der Waals surface area contributed by atoms with Crippen molar-refractivity contribution in [2.45, 2.75) is 6.92 Å². The number of ether oxygens (including phenoxy) is 1. The standard InChI is InChI=1S/C11H19N3O2/c1-9-7-11(13-8-10(9)12)14(3-5-15)4-6-16-2/h7-8,15H,3-6,12H2,1-2H3. The first-order valence-electron chi connectivity index (χ1n) is 5.26. The summed E-state index contributed by atoms with van der Waals surface area (Å²) >= 11 is 0. The highest BCUT2D eigenvalue weighted by atomic mass is 16.5. The van der Waals surface area contributed by atoms with Crippen molar-refractivity contribution < 1.29 is 9.84 Å². The number of pyridine rings is 1. The lowest BCUT2D eigenvalue weighted by atomic mass is 10.2. The smallest absolute Gasteiger partial charge is 0.129 e. The first-order chi connectivity index (χ1) is 7.69. The predicted molar refractivity (Wildman–Crippen MR) is 64.6 cm³/mol. The number of aliphatic hydroxyl groups is 1. The van der Waals surface area contributed by atoms with Gasteiger partial charge in [0.25, 0.3) is 0 Å². The Bertz CT molecular complexity index is 331. The van der Waals surface area contributed by atoms with Crippen LogP contribution < -0.4 is 10.6 Å². The molecule has 0 unspecified atom stereocenters. The maximum absolute atomic E-state index is 8.99. The Morgan fingerprint density at radius 2 is 2.25 bits per heavy atom. The third-order valence-electron chi connectivity index (χ3n) is 2.40. The fraction of sp³-hybridized carbons (Fsp3) is 0.545. The molecule has 5 nitrogen and oxygen atoms in total. The summed E-state index contributed by atoms with van der Waals surface area (Å²) in [4.78, 5) is 6.21. The van der Waals surface area contributed by atoms with E-state index in [0.717, 1.165) is 11.4 Å². The monoisotopic (exact) mass is 225 g/mol. The summed E-state index contributed by atoms with van der Waals surface area (Å²) < 4.78 is 5.02. The second-order valence-electron chi connectivity index (χ2n) is 3.60. The summed E-state index contributed by atoms with van der Waals surface area (Å²) in [6, 6.07) is 1.92. The van der Waals surface area contributed by atoms with Gasteiger partial charge in [0.05, 0.1) is 25.1 Å². The average molecular weight is 225 g/mol. The molecule has 0 aliphatic rings. The number of hydrogen-bond donors (Lipinski definition) is 2. The third-order valence-corrected chi connectivity index (χ3v) is 2.40. The molecule has 1 aromatic rings. The van der Waals surface area contributed by atoms with Crippen molar-refractivity contribution in [3.63, 3.8) is 0 Å². The van der Waals surface area contributed by atoms with Crippen LogP contribution in [0, 0.1) is 6.92 Å². The zero-order valence-corrected chi connectivity index (χ0v) is 9.81. The molecule has 0 aliphatic heterocycles. The van der Waals surface area contributed by atoms with Crippen LogP contribution in [-0.4, -0.2) is 43.5 Å². The summed E-state index contributed by atoms with van der Waals surface area (Å²) in [5.41, 5.74) is 7.38. The molecule has 0 saturated carbocycles. The van der Waals surface area contributed by atoms with Crippen LogP contribution in [0.5, 0.6) is 0 Å². The highest BCUT2D eigenvalue weighted by Crippen LogP contribution is 2.16. The van der Waals surface area contributed by atoms with Gasteiger partial charge >= 0.3 is 0 Å². The van der Waals surface area contributed by atoms with Crippen LogP contribution in [0.3, 0.4) is 0 Å². The third kappa shape index (κ3) is 3.36. The van der Waals surface area contributed by atoms with Gasteiger partial charge in [-0.1, -0.05) is 0 Å². The van der Waals surface area contributed by atoms with Gasteiger partial charge in [-0.3, -0.25) is 0 Å². The van der Waals surface area contributed by atoms with Crippen LogP contribution in [-0.2, 0) is 4.74 Å². The van der Waals surface area contributed by atoms with Crippen molar-refractivity contribution in [2.75, 3.05) is 44.0 Å². The minimum atomic E-state index is 0.0921. The van der Waals surface area contributed by atoms with E-state index in [2.05, 4.69) is 4.98 Å². The second-order valence-corrected chi connectivity index (χ2v) is 3.60. The van der Waals surface area contributed by atoms with Crippen molar-refractivity contribution in [1.29, 1.82) is 0 Å². The minimum absolute atomic E-state index is 0.0921. The fourth-order valence-corrected chi connectivity index (χ4v) is 1.39. The molecule has 5 heteroatoms. The van der Waals surface area contributed by atoms with Gasteiger partial charge in [0.15, 0.2) is 0 Å². The van der Waals surface area contributed by atoms with Crippen LogP contribution in [0.2, 0.25) is 0 Å². The van der Waals surface area contributed by atoms with Crippen LogP contribution in [0.1, 0.15) is 5.56 Å². The number of aryl methyl sites for hydroxylation is 1. The first-order valence-corrected chi connectivity index (χ1v) is 5.26. The molecule has 90 valence electrons. The molecule has 0 spiro atoms. The van der Waals surface area contributed by atoms with Gasteiger partial charge in [-0.15, -0.1) is 0 Å². The number of nitrogens with zero attached hydrogens (tertiary/aromatic N) is 2. The molecule has 0 radical (unpaired) electrons. The van der Waals surface area contributed by atoms with E-state index in [1.54, 1.807) is 13.3 Å². The lowest BCUT2D eigenvalue weighted by Gasteiger charge is -2.22. The van der Waals surface area contributed by atoms with Crippen molar-refractivity contribution >= 4 is 11.5 Å². The summed E-state index contributed by atoms with van der Waals surface area (Å²) in [5, 5.41) is 8.99. The Morgan fingerprint density at radius 1 is 1.50 bits per heavy atom. The van der Waals surface area contributed by atoms with E-state index in [9.17, 15) is 0 Å². The molecule has 0 aliphatic carbocycles. The Labute approximate surface area is 95.8 Å². The normalized spacial score (nSPS) is 10.4. The van der Waals surface area contributed by atoms with Gasteiger partial charge in [-0.2, -0.15) is 0 Å². The van der Waals surface area contributed by atoms with E-state index in [1.807, 2.05) is 17.9 Å². The Hall–Kier alpha value is -1.33. The Kier molecular flexibility index (Phi) is 5.01. The summed E-state index contributed by atoms with van der Waals surface area (Å²) in [6.07, 6.45) is 1.64. The number of anilines is 2. The van der Waals surface area contributed by atoms with Crippen molar-refractivity contribution in [1.82, 2.24) is 4.98 Å². The Morgan fingerprint density at radius 3 is 2.81 bits per heavy atom. The van der Waals surface area contributed by atoms with Crippen molar-refractivity contribution in [3.05, 3.63) is 17.8 Å². The zero-order chi connectivity index (χ0) is 12.0. The SMILES string of the molecule is COCCN(CCO)c1cc(C)c(N)cn1. The highest BCUT2D eigenvalue weighted by molar-refractivity contribution is 5.52. The molecule has 0 bridgehead atoms. The number of nitrogen functional groups attached to an aromatic ring is 1. The number of aromatic nitrogens is 1. The maximum Gasteiger partial charge on any atom is 0.129 e. The van der Waals surface area contributed by atoms with E-state index in [1.165, 1.54) is 0 Å². The quantitative estimate of drug-likeness (QED) is 0.734. The van der Waals surface area contributed by atoms with E-state index in [0.29, 0.717) is 25.4 Å². The van der Waals surface area contributed by atoms with E-state index in [-0.39, 0.29) is 6.61 Å². The molecule has 0 aromatic carbocycles. The van der Waals surface area contributed by atoms with E-state index >= 15 is 0 Å². The summed E-state index contributed by atoms with van der Waals surface area (Å²) in [5.74, 6) is 0.817. The average Bonchev–Trinajstić information content (AvgIpc) is 2.28. The lowest BCUT2D eigenvalue weighted by molar-refractivity contribution is 0.202.